The summed E-state index contributed by atoms with van der Waals surface area (Å²) < 4.78 is 35.7. The van der Waals surface area contributed by atoms with E-state index < -0.39 is 18.6 Å². The highest BCUT2D eigenvalue weighted by atomic mass is 19.4. The SMILES string of the molecule is NC(CC1CCCC1)CC(F)(F)F. The van der Waals surface area contributed by atoms with Crippen LogP contribution in [-0.4, -0.2) is 12.2 Å². The molecule has 2 N–H and O–H groups in total. The highest BCUT2D eigenvalue weighted by molar-refractivity contribution is 4.75. The molecular formula is C9H16F3N. The van der Waals surface area contributed by atoms with Gasteiger partial charge in [0.1, 0.15) is 0 Å². The molecule has 0 spiro atoms. The monoisotopic (exact) mass is 195 g/mol. The fourth-order valence-corrected chi connectivity index (χ4v) is 2.05. The molecule has 1 saturated carbocycles. The van der Waals surface area contributed by atoms with Crippen LogP contribution < -0.4 is 5.73 Å². The number of halogens is 3. The Morgan fingerprint density at radius 3 is 2.23 bits per heavy atom. The molecule has 0 heterocycles. The first-order valence-electron chi connectivity index (χ1n) is 4.80. The van der Waals surface area contributed by atoms with E-state index in [4.69, 9.17) is 5.73 Å². The summed E-state index contributed by atoms with van der Waals surface area (Å²) in [6, 6.07) is -0.692. The van der Waals surface area contributed by atoms with Gasteiger partial charge >= 0.3 is 6.18 Å². The van der Waals surface area contributed by atoms with Crippen LogP contribution >= 0.6 is 0 Å². The average molecular weight is 195 g/mol. The van der Waals surface area contributed by atoms with E-state index in [1.54, 1.807) is 0 Å². The van der Waals surface area contributed by atoms with Gasteiger partial charge in [0.05, 0.1) is 6.42 Å². The van der Waals surface area contributed by atoms with Gasteiger partial charge in [-0.15, -0.1) is 0 Å². The molecule has 0 aliphatic heterocycles. The van der Waals surface area contributed by atoms with Crippen LogP contribution in [-0.2, 0) is 0 Å². The molecule has 1 atom stereocenters. The van der Waals surface area contributed by atoms with Crippen molar-refractivity contribution < 1.29 is 13.2 Å². The average Bonchev–Trinajstić information content (AvgIpc) is 2.34. The fourth-order valence-electron chi connectivity index (χ4n) is 2.05. The third kappa shape index (κ3) is 4.50. The summed E-state index contributed by atoms with van der Waals surface area (Å²) in [4.78, 5) is 0. The smallest absolute Gasteiger partial charge is 0.327 e. The van der Waals surface area contributed by atoms with E-state index >= 15 is 0 Å². The van der Waals surface area contributed by atoms with Gasteiger partial charge in [0.15, 0.2) is 0 Å². The summed E-state index contributed by atoms with van der Waals surface area (Å²) >= 11 is 0. The summed E-state index contributed by atoms with van der Waals surface area (Å²) in [5.41, 5.74) is 5.42. The Kier molecular flexibility index (Phi) is 3.59. The van der Waals surface area contributed by atoms with Gasteiger partial charge in [0, 0.05) is 6.04 Å². The van der Waals surface area contributed by atoms with Gasteiger partial charge in [-0.3, -0.25) is 0 Å². The molecule has 0 radical (unpaired) electrons. The molecule has 1 fully saturated rings. The zero-order valence-electron chi connectivity index (χ0n) is 7.61. The summed E-state index contributed by atoms with van der Waals surface area (Å²) in [5, 5.41) is 0. The van der Waals surface area contributed by atoms with Crippen molar-refractivity contribution in [1.29, 1.82) is 0 Å². The van der Waals surface area contributed by atoms with Gasteiger partial charge in [-0.1, -0.05) is 25.7 Å². The molecule has 1 aliphatic carbocycles. The van der Waals surface area contributed by atoms with Gasteiger partial charge in [0.2, 0.25) is 0 Å². The van der Waals surface area contributed by atoms with Crippen molar-refractivity contribution in [3.05, 3.63) is 0 Å². The molecule has 13 heavy (non-hydrogen) atoms. The van der Waals surface area contributed by atoms with Crippen LogP contribution in [0.25, 0.3) is 0 Å². The van der Waals surface area contributed by atoms with Crippen molar-refractivity contribution in [2.24, 2.45) is 11.7 Å². The molecule has 0 saturated heterocycles. The van der Waals surface area contributed by atoms with E-state index in [1.165, 1.54) is 0 Å². The van der Waals surface area contributed by atoms with E-state index in [-0.39, 0.29) is 0 Å². The summed E-state index contributed by atoms with van der Waals surface area (Å²) in [5.74, 6) is 0.442. The Morgan fingerprint density at radius 1 is 1.23 bits per heavy atom. The fraction of sp³-hybridized carbons (Fsp3) is 1.00. The van der Waals surface area contributed by atoms with Crippen LogP contribution in [0, 0.1) is 5.92 Å². The lowest BCUT2D eigenvalue weighted by molar-refractivity contribution is -0.138. The molecule has 0 aromatic carbocycles. The number of nitrogens with two attached hydrogens (primary N) is 1. The first kappa shape index (κ1) is 10.8. The van der Waals surface area contributed by atoms with E-state index in [2.05, 4.69) is 0 Å². The largest absolute Gasteiger partial charge is 0.390 e. The minimum absolute atomic E-state index is 0.442. The van der Waals surface area contributed by atoms with Crippen LogP contribution in [0.4, 0.5) is 13.2 Å². The van der Waals surface area contributed by atoms with Crippen LogP contribution in [0.1, 0.15) is 38.5 Å². The van der Waals surface area contributed by atoms with Crippen molar-refractivity contribution in [3.63, 3.8) is 0 Å². The topological polar surface area (TPSA) is 26.0 Å². The molecule has 0 aromatic rings. The molecule has 0 bridgehead atoms. The molecular weight excluding hydrogens is 179 g/mol. The van der Waals surface area contributed by atoms with Crippen molar-refractivity contribution in [2.45, 2.75) is 50.7 Å². The van der Waals surface area contributed by atoms with E-state index in [1.807, 2.05) is 0 Å². The molecule has 0 amide bonds. The Hall–Kier alpha value is -0.250. The van der Waals surface area contributed by atoms with Crippen molar-refractivity contribution in [3.8, 4) is 0 Å². The zero-order valence-corrected chi connectivity index (χ0v) is 7.61. The van der Waals surface area contributed by atoms with E-state index in [0.29, 0.717) is 12.3 Å². The van der Waals surface area contributed by atoms with E-state index in [0.717, 1.165) is 25.7 Å². The minimum Gasteiger partial charge on any atom is -0.327 e. The number of hydrogen-bond donors (Lipinski definition) is 1. The number of rotatable bonds is 3. The standard InChI is InChI=1S/C9H16F3N/c10-9(11,12)6-8(13)5-7-3-1-2-4-7/h7-8H,1-6,13H2. The highest BCUT2D eigenvalue weighted by Gasteiger charge is 2.31. The maximum absolute atomic E-state index is 11.9. The summed E-state index contributed by atoms with van der Waals surface area (Å²) in [7, 11) is 0. The summed E-state index contributed by atoms with van der Waals surface area (Å²) in [6.45, 7) is 0. The maximum Gasteiger partial charge on any atom is 0.390 e. The first-order chi connectivity index (χ1) is 5.97. The van der Waals surface area contributed by atoms with Gasteiger partial charge in [-0.2, -0.15) is 13.2 Å². The Balaban J connectivity index is 2.20. The second-order valence-corrected chi connectivity index (χ2v) is 3.97. The molecule has 78 valence electrons. The second-order valence-electron chi connectivity index (χ2n) is 3.97. The van der Waals surface area contributed by atoms with Crippen molar-refractivity contribution in [1.82, 2.24) is 0 Å². The lowest BCUT2D eigenvalue weighted by Gasteiger charge is -2.17. The molecule has 0 aromatic heterocycles. The first-order valence-corrected chi connectivity index (χ1v) is 4.80. The normalized spacial score (nSPS) is 22.2. The van der Waals surface area contributed by atoms with Gasteiger partial charge in [0.25, 0.3) is 0 Å². The Bertz CT molecular complexity index is 149. The van der Waals surface area contributed by atoms with Crippen molar-refractivity contribution in [2.75, 3.05) is 0 Å². The lowest BCUT2D eigenvalue weighted by atomic mass is 9.97. The van der Waals surface area contributed by atoms with Crippen molar-refractivity contribution >= 4 is 0 Å². The second kappa shape index (κ2) is 4.31. The maximum atomic E-state index is 11.9. The van der Waals surface area contributed by atoms with Gasteiger partial charge in [-0.05, 0) is 12.3 Å². The number of hydrogen-bond acceptors (Lipinski definition) is 1. The van der Waals surface area contributed by atoms with E-state index in [9.17, 15) is 13.2 Å². The highest BCUT2D eigenvalue weighted by Crippen LogP contribution is 2.31. The third-order valence-electron chi connectivity index (χ3n) is 2.60. The third-order valence-corrected chi connectivity index (χ3v) is 2.60. The van der Waals surface area contributed by atoms with Crippen LogP contribution in [0.3, 0.4) is 0 Å². The lowest BCUT2D eigenvalue weighted by Crippen LogP contribution is -2.29. The molecule has 1 nitrogen and oxygen atoms in total. The van der Waals surface area contributed by atoms with Crippen LogP contribution in [0.2, 0.25) is 0 Å². The van der Waals surface area contributed by atoms with Gasteiger partial charge < -0.3 is 5.73 Å². The quantitative estimate of drug-likeness (QED) is 0.736. The minimum atomic E-state index is -4.10. The zero-order chi connectivity index (χ0) is 9.90. The predicted octanol–water partition coefficient (Wildman–Crippen LogP) is 2.85. The Morgan fingerprint density at radius 2 is 1.77 bits per heavy atom. The molecule has 1 unspecified atom stereocenters. The van der Waals surface area contributed by atoms with Gasteiger partial charge in [-0.25, -0.2) is 0 Å². The van der Waals surface area contributed by atoms with Crippen LogP contribution in [0.5, 0.6) is 0 Å². The molecule has 4 heteroatoms. The summed E-state index contributed by atoms with van der Waals surface area (Å²) in [6.07, 6.45) is 0.0466. The molecule has 1 aliphatic rings. The Labute approximate surface area is 76.5 Å². The predicted molar refractivity (Wildman–Crippen MR) is 45.2 cm³/mol. The number of alkyl halides is 3. The van der Waals surface area contributed by atoms with Crippen LogP contribution in [0.15, 0.2) is 0 Å². The molecule has 1 rings (SSSR count).